The van der Waals surface area contributed by atoms with Crippen LogP contribution < -0.4 is 0 Å². The van der Waals surface area contributed by atoms with E-state index in [1.54, 1.807) is 0 Å². The van der Waals surface area contributed by atoms with E-state index in [9.17, 15) is 5.11 Å². The fourth-order valence-electron chi connectivity index (χ4n) is 2.33. The van der Waals surface area contributed by atoms with Gasteiger partial charge in [0.1, 0.15) is 0 Å². The Morgan fingerprint density at radius 3 is 2.59 bits per heavy atom. The van der Waals surface area contributed by atoms with Crippen LogP contribution in [0.5, 0.6) is 0 Å². The zero-order chi connectivity index (χ0) is 12.1. The van der Waals surface area contributed by atoms with Crippen molar-refractivity contribution in [1.29, 1.82) is 0 Å². The van der Waals surface area contributed by atoms with Crippen molar-refractivity contribution in [2.75, 3.05) is 6.61 Å². The molecule has 0 aromatic heterocycles. The van der Waals surface area contributed by atoms with Gasteiger partial charge in [-0.25, -0.2) is 0 Å². The summed E-state index contributed by atoms with van der Waals surface area (Å²) in [6, 6.07) is 10.2. The van der Waals surface area contributed by atoms with E-state index >= 15 is 0 Å². The third-order valence-electron chi connectivity index (χ3n) is 3.85. The predicted octanol–water partition coefficient (Wildman–Crippen LogP) is 3.14. The Bertz CT molecular complexity index is 328. The van der Waals surface area contributed by atoms with Gasteiger partial charge in [0.25, 0.3) is 0 Å². The number of hydrogen-bond acceptors (Lipinski definition) is 2. The van der Waals surface area contributed by atoms with Gasteiger partial charge in [0.2, 0.25) is 0 Å². The van der Waals surface area contributed by atoms with E-state index in [1.165, 1.54) is 18.4 Å². The van der Waals surface area contributed by atoms with E-state index in [4.69, 9.17) is 4.74 Å². The van der Waals surface area contributed by atoms with Gasteiger partial charge in [-0.1, -0.05) is 30.3 Å². The first kappa shape index (κ1) is 12.6. The maximum atomic E-state index is 9.64. The van der Waals surface area contributed by atoms with Crippen molar-refractivity contribution in [3.05, 3.63) is 35.9 Å². The highest BCUT2D eigenvalue weighted by Crippen LogP contribution is 2.52. The lowest BCUT2D eigenvalue weighted by molar-refractivity contribution is 0.0800. The highest BCUT2D eigenvalue weighted by atomic mass is 16.5. The van der Waals surface area contributed by atoms with Gasteiger partial charge < -0.3 is 9.84 Å². The number of hydrogen-bond donors (Lipinski definition) is 1. The first-order valence-electron chi connectivity index (χ1n) is 6.53. The summed E-state index contributed by atoms with van der Waals surface area (Å²) < 4.78 is 5.64. The summed E-state index contributed by atoms with van der Waals surface area (Å²) in [7, 11) is 0. The molecule has 0 spiro atoms. The quantitative estimate of drug-likeness (QED) is 0.734. The van der Waals surface area contributed by atoms with Crippen molar-refractivity contribution < 1.29 is 9.84 Å². The lowest BCUT2D eigenvalue weighted by atomic mass is 9.95. The van der Waals surface area contributed by atoms with Gasteiger partial charge in [-0.2, -0.15) is 0 Å². The molecule has 1 saturated carbocycles. The largest absolute Gasteiger partial charge is 0.393 e. The normalized spacial score (nSPS) is 18.9. The summed E-state index contributed by atoms with van der Waals surface area (Å²) in [5.74, 6) is 0. The van der Waals surface area contributed by atoms with Gasteiger partial charge in [0, 0.05) is 6.61 Å². The number of benzene rings is 1. The maximum Gasteiger partial charge on any atom is 0.0716 e. The average molecular weight is 234 g/mol. The van der Waals surface area contributed by atoms with Crippen molar-refractivity contribution >= 4 is 0 Å². The van der Waals surface area contributed by atoms with Crippen LogP contribution >= 0.6 is 0 Å². The molecule has 2 heteroatoms. The summed E-state index contributed by atoms with van der Waals surface area (Å²) in [5, 5.41) is 9.64. The van der Waals surface area contributed by atoms with E-state index in [2.05, 4.69) is 12.1 Å². The summed E-state index contributed by atoms with van der Waals surface area (Å²) >= 11 is 0. The first-order valence-corrected chi connectivity index (χ1v) is 6.53. The molecule has 1 fully saturated rings. The van der Waals surface area contributed by atoms with Crippen molar-refractivity contribution in [1.82, 2.24) is 0 Å². The number of aliphatic hydroxyl groups excluding tert-OH is 1. The topological polar surface area (TPSA) is 29.5 Å². The lowest BCUT2D eigenvalue weighted by Gasteiger charge is -2.18. The maximum absolute atomic E-state index is 9.64. The molecule has 0 heterocycles. The van der Waals surface area contributed by atoms with Crippen LogP contribution in [-0.2, 0) is 11.3 Å². The minimum absolute atomic E-state index is 0.156. The number of rotatable bonds is 7. The molecule has 2 rings (SSSR count). The molecule has 0 amide bonds. The third kappa shape index (κ3) is 3.55. The monoisotopic (exact) mass is 234 g/mol. The fraction of sp³-hybridized carbons (Fsp3) is 0.600. The van der Waals surface area contributed by atoms with E-state index in [0.717, 1.165) is 19.4 Å². The molecule has 1 N–H and O–H groups in total. The van der Waals surface area contributed by atoms with Crippen molar-refractivity contribution in [2.24, 2.45) is 5.41 Å². The van der Waals surface area contributed by atoms with Crippen LogP contribution in [0, 0.1) is 5.41 Å². The van der Waals surface area contributed by atoms with Gasteiger partial charge >= 0.3 is 0 Å². The Kier molecular flexibility index (Phi) is 4.19. The highest BCUT2D eigenvalue weighted by Gasteiger charge is 2.45. The smallest absolute Gasteiger partial charge is 0.0716 e. The molecule has 0 bridgehead atoms. The molecule has 1 unspecified atom stereocenters. The second-order valence-corrected chi connectivity index (χ2v) is 5.18. The Morgan fingerprint density at radius 2 is 2.00 bits per heavy atom. The van der Waals surface area contributed by atoms with Crippen LogP contribution in [0.3, 0.4) is 0 Å². The lowest BCUT2D eigenvalue weighted by Crippen LogP contribution is -2.18. The van der Waals surface area contributed by atoms with Gasteiger partial charge in [-0.05, 0) is 43.6 Å². The van der Waals surface area contributed by atoms with E-state index < -0.39 is 0 Å². The average Bonchev–Trinajstić information content (AvgIpc) is 3.11. The molecule has 94 valence electrons. The minimum atomic E-state index is -0.156. The van der Waals surface area contributed by atoms with Gasteiger partial charge in [-0.15, -0.1) is 0 Å². The highest BCUT2D eigenvalue weighted by molar-refractivity contribution is 5.13. The molecule has 1 aromatic rings. The Labute approximate surface area is 104 Å². The molecule has 0 radical (unpaired) electrons. The van der Waals surface area contributed by atoms with Crippen molar-refractivity contribution in [3.63, 3.8) is 0 Å². The molecule has 0 aliphatic heterocycles. The molecule has 0 saturated heterocycles. The Morgan fingerprint density at radius 1 is 1.29 bits per heavy atom. The van der Waals surface area contributed by atoms with Crippen LogP contribution in [0.1, 0.15) is 38.2 Å². The molecule has 1 aliphatic rings. The summed E-state index contributed by atoms with van der Waals surface area (Å²) in [6.07, 6.45) is 4.36. The molecule has 2 nitrogen and oxygen atoms in total. The van der Waals surface area contributed by atoms with E-state index in [0.29, 0.717) is 6.61 Å². The Hall–Kier alpha value is -0.860. The van der Waals surface area contributed by atoms with Gasteiger partial charge in [-0.3, -0.25) is 0 Å². The summed E-state index contributed by atoms with van der Waals surface area (Å²) in [6.45, 7) is 3.41. The zero-order valence-corrected chi connectivity index (χ0v) is 10.6. The number of aliphatic hydroxyl groups is 1. The zero-order valence-electron chi connectivity index (χ0n) is 10.6. The summed E-state index contributed by atoms with van der Waals surface area (Å²) in [5.41, 5.74) is 1.46. The fourth-order valence-corrected chi connectivity index (χ4v) is 2.33. The predicted molar refractivity (Wildman–Crippen MR) is 68.7 cm³/mol. The van der Waals surface area contributed by atoms with Crippen molar-refractivity contribution in [3.8, 4) is 0 Å². The summed E-state index contributed by atoms with van der Waals surface area (Å²) in [4.78, 5) is 0. The molecule has 1 aromatic carbocycles. The van der Waals surface area contributed by atoms with Crippen LogP contribution in [-0.4, -0.2) is 17.8 Å². The molecule has 1 atom stereocenters. The minimum Gasteiger partial charge on any atom is -0.393 e. The standard InChI is InChI=1S/C15H22O2/c1-13(16)15(9-10-15)8-5-11-17-12-14-6-3-2-4-7-14/h2-4,6-7,13,16H,5,8-12H2,1H3. The van der Waals surface area contributed by atoms with Gasteiger partial charge in [0.05, 0.1) is 12.7 Å². The third-order valence-corrected chi connectivity index (χ3v) is 3.85. The SMILES string of the molecule is CC(O)C1(CCCOCc2ccccc2)CC1. The Balaban J connectivity index is 1.58. The molecular weight excluding hydrogens is 212 g/mol. The van der Waals surface area contributed by atoms with E-state index in [-0.39, 0.29) is 11.5 Å². The van der Waals surface area contributed by atoms with Crippen LogP contribution in [0.2, 0.25) is 0 Å². The number of ether oxygens (including phenoxy) is 1. The van der Waals surface area contributed by atoms with E-state index in [1.807, 2.05) is 25.1 Å². The second kappa shape index (κ2) is 5.65. The second-order valence-electron chi connectivity index (χ2n) is 5.18. The van der Waals surface area contributed by atoms with Crippen molar-refractivity contribution in [2.45, 2.75) is 45.3 Å². The van der Waals surface area contributed by atoms with Crippen LogP contribution in [0.25, 0.3) is 0 Å². The molecule has 17 heavy (non-hydrogen) atoms. The van der Waals surface area contributed by atoms with Crippen LogP contribution in [0.15, 0.2) is 30.3 Å². The molecular formula is C15H22O2. The molecule has 1 aliphatic carbocycles. The van der Waals surface area contributed by atoms with Gasteiger partial charge in [0.15, 0.2) is 0 Å². The van der Waals surface area contributed by atoms with Crippen LogP contribution in [0.4, 0.5) is 0 Å². The first-order chi connectivity index (χ1) is 8.23.